The number of carbonyl (C=O) groups is 2. The number of benzene rings is 2. The van der Waals surface area contributed by atoms with Gasteiger partial charge in [0.15, 0.2) is 0 Å². The van der Waals surface area contributed by atoms with Gasteiger partial charge in [-0.25, -0.2) is 22.0 Å². The second-order valence-electron chi connectivity index (χ2n) is 7.29. The molecule has 162 valence electrons. The zero-order valence-electron chi connectivity index (χ0n) is 16.5. The Labute approximate surface area is 171 Å². The highest BCUT2D eigenvalue weighted by molar-refractivity contribution is 7.92. The van der Waals surface area contributed by atoms with E-state index in [1.165, 1.54) is 13.2 Å². The Morgan fingerprint density at radius 3 is 2.20 bits per heavy atom. The van der Waals surface area contributed by atoms with Gasteiger partial charge in [0.25, 0.3) is 15.9 Å². The number of carboxylic acid groups (broad SMARTS) is 1. The molecule has 0 spiro atoms. The molecular formula is C19H20F2N2O6S. The normalized spacial score (nSPS) is 11.7. The number of carbonyl (C=O) groups excluding carboxylic acids is 1. The lowest BCUT2D eigenvalue weighted by atomic mass is 10.1. The first kappa shape index (κ1) is 23.1. The van der Waals surface area contributed by atoms with Crippen molar-refractivity contribution in [2.24, 2.45) is 0 Å². The lowest BCUT2D eigenvalue weighted by Gasteiger charge is -2.21. The Morgan fingerprint density at radius 2 is 1.67 bits per heavy atom. The third-order valence-corrected chi connectivity index (χ3v) is 5.11. The van der Waals surface area contributed by atoms with Crippen molar-refractivity contribution in [3.05, 3.63) is 53.1 Å². The summed E-state index contributed by atoms with van der Waals surface area (Å²) < 4.78 is 60.0. The van der Waals surface area contributed by atoms with Crippen LogP contribution in [0.3, 0.4) is 0 Å². The molecule has 1 amide bonds. The third kappa shape index (κ3) is 5.23. The lowest BCUT2D eigenvalue weighted by molar-refractivity contribution is 0.0691. The molecule has 8 nitrogen and oxygen atoms in total. The van der Waals surface area contributed by atoms with Gasteiger partial charge < -0.3 is 15.2 Å². The van der Waals surface area contributed by atoms with Gasteiger partial charge in [-0.1, -0.05) is 0 Å². The Balaban J connectivity index is 2.40. The van der Waals surface area contributed by atoms with E-state index in [0.717, 1.165) is 12.1 Å². The molecule has 0 fully saturated rings. The molecule has 0 aliphatic heterocycles. The van der Waals surface area contributed by atoms with Gasteiger partial charge in [-0.3, -0.25) is 9.52 Å². The Kier molecular flexibility index (Phi) is 6.36. The number of rotatable bonds is 6. The highest BCUT2D eigenvalue weighted by atomic mass is 32.2. The second-order valence-corrected chi connectivity index (χ2v) is 8.97. The summed E-state index contributed by atoms with van der Waals surface area (Å²) in [5.74, 6) is -4.82. The van der Waals surface area contributed by atoms with Crippen molar-refractivity contribution in [2.75, 3.05) is 11.8 Å². The molecule has 0 saturated heterocycles. The van der Waals surface area contributed by atoms with Crippen LogP contribution in [0.1, 0.15) is 41.5 Å². The van der Waals surface area contributed by atoms with Gasteiger partial charge in [-0.15, -0.1) is 0 Å². The highest BCUT2D eigenvalue weighted by Gasteiger charge is 2.24. The number of hydrogen-bond donors (Lipinski definition) is 3. The van der Waals surface area contributed by atoms with Crippen LogP contribution in [-0.4, -0.2) is 38.0 Å². The first-order chi connectivity index (χ1) is 13.7. The predicted octanol–water partition coefficient (Wildman–Crippen LogP) is 3.00. The third-order valence-electron chi connectivity index (χ3n) is 3.75. The number of carboxylic acids is 1. The van der Waals surface area contributed by atoms with Gasteiger partial charge in [0.05, 0.1) is 28.8 Å². The summed E-state index contributed by atoms with van der Waals surface area (Å²) in [5, 5.41) is 11.5. The van der Waals surface area contributed by atoms with Crippen LogP contribution in [0.15, 0.2) is 35.2 Å². The summed E-state index contributed by atoms with van der Waals surface area (Å²) in [4.78, 5) is 22.8. The van der Waals surface area contributed by atoms with Crippen molar-refractivity contribution >= 4 is 27.6 Å². The molecule has 0 bridgehead atoms. The van der Waals surface area contributed by atoms with Crippen LogP contribution in [0, 0.1) is 11.6 Å². The van der Waals surface area contributed by atoms with E-state index >= 15 is 0 Å². The van der Waals surface area contributed by atoms with Crippen LogP contribution < -0.4 is 14.8 Å². The van der Waals surface area contributed by atoms with E-state index in [1.807, 2.05) is 4.72 Å². The van der Waals surface area contributed by atoms with Crippen molar-refractivity contribution in [2.45, 2.75) is 31.2 Å². The minimum absolute atomic E-state index is 0.0486. The fourth-order valence-electron chi connectivity index (χ4n) is 2.43. The largest absolute Gasteiger partial charge is 0.496 e. The molecule has 0 unspecified atom stereocenters. The Hall–Kier alpha value is -3.21. The van der Waals surface area contributed by atoms with E-state index in [2.05, 4.69) is 5.32 Å². The maximum absolute atomic E-state index is 14.1. The van der Waals surface area contributed by atoms with Crippen molar-refractivity contribution < 1.29 is 36.6 Å². The van der Waals surface area contributed by atoms with E-state index in [9.17, 15) is 26.8 Å². The molecule has 0 heterocycles. The summed E-state index contributed by atoms with van der Waals surface area (Å²) in [6, 6.07) is 4.18. The van der Waals surface area contributed by atoms with Crippen LogP contribution in [0.2, 0.25) is 0 Å². The van der Waals surface area contributed by atoms with Crippen LogP contribution in [-0.2, 0) is 10.0 Å². The first-order valence-electron chi connectivity index (χ1n) is 8.51. The summed E-state index contributed by atoms with van der Waals surface area (Å²) in [6.07, 6.45) is 0. The average molecular weight is 442 g/mol. The molecule has 30 heavy (non-hydrogen) atoms. The van der Waals surface area contributed by atoms with E-state index < -0.39 is 50.3 Å². The minimum atomic E-state index is -4.41. The van der Waals surface area contributed by atoms with Gasteiger partial charge in [0.1, 0.15) is 17.4 Å². The van der Waals surface area contributed by atoms with E-state index in [4.69, 9.17) is 9.84 Å². The number of aromatic carboxylic acids is 1. The van der Waals surface area contributed by atoms with Gasteiger partial charge in [0.2, 0.25) is 0 Å². The standard InChI is InChI=1S/C19H20F2N2O6S/c1-19(2,3)22-17(24)11-6-5-10(7-16(11)29-4)30(27,28)23-15-9-13(20)12(18(25)26)8-14(15)21/h5-9,23H,1-4H3,(H,22,24)(H,25,26). The number of methoxy groups -OCH3 is 1. The van der Waals surface area contributed by atoms with E-state index in [-0.39, 0.29) is 16.2 Å². The number of anilines is 1. The molecule has 2 aromatic rings. The molecular weight excluding hydrogens is 422 g/mol. The van der Waals surface area contributed by atoms with Crippen molar-refractivity contribution in [3.63, 3.8) is 0 Å². The maximum atomic E-state index is 14.1. The quantitative estimate of drug-likeness (QED) is 0.632. The summed E-state index contributed by atoms with van der Waals surface area (Å²) in [6.45, 7) is 5.30. The molecule has 0 saturated carbocycles. The molecule has 2 rings (SSSR count). The number of ether oxygens (including phenoxy) is 1. The topological polar surface area (TPSA) is 122 Å². The maximum Gasteiger partial charge on any atom is 0.338 e. The van der Waals surface area contributed by atoms with E-state index in [0.29, 0.717) is 12.1 Å². The van der Waals surface area contributed by atoms with Crippen LogP contribution in [0.4, 0.5) is 14.5 Å². The summed E-state index contributed by atoms with van der Waals surface area (Å²) in [5.41, 5.74) is -2.18. The lowest BCUT2D eigenvalue weighted by Crippen LogP contribution is -2.40. The number of halogens is 2. The van der Waals surface area contributed by atoms with Gasteiger partial charge in [-0.05, 0) is 39.0 Å². The first-order valence-corrected chi connectivity index (χ1v) is 9.99. The molecule has 0 radical (unpaired) electrons. The number of hydrogen-bond acceptors (Lipinski definition) is 5. The molecule has 11 heteroatoms. The monoisotopic (exact) mass is 442 g/mol. The number of sulfonamides is 1. The van der Waals surface area contributed by atoms with Crippen molar-refractivity contribution in [3.8, 4) is 5.75 Å². The Bertz CT molecular complexity index is 1110. The minimum Gasteiger partial charge on any atom is -0.496 e. The molecule has 0 atom stereocenters. The van der Waals surface area contributed by atoms with Gasteiger partial charge in [-0.2, -0.15) is 0 Å². The molecule has 0 aliphatic carbocycles. The fraction of sp³-hybridized carbons (Fsp3) is 0.263. The molecule has 3 N–H and O–H groups in total. The van der Waals surface area contributed by atoms with Gasteiger partial charge in [0, 0.05) is 17.7 Å². The average Bonchev–Trinajstić information content (AvgIpc) is 2.61. The Morgan fingerprint density at radius 1 is 1.03 bits per heavy atom. The predicted molar refractivity (Wildman–Crippen MR) is 104 cm³/mol. The van der Waals surface area contributed by atoms with Crippen molar-refractivity contribution in [1.82, 2.24) is 5.32 Å². The van der Waals surface area contributed by atoms with E-state index in [1.54, 1.807) is 20.8 Å². The number of amides is 1. The zero-order valence-corrected chi connectivity index (χ0v) is 17.4. The van der Waals surface area contributed by atoms with Crippen molar-refractivity contribution in [1.29, 1.82) is 0 Å². The highest BCUT2D eigenvalue weighted by Crippen LogP contribution is 2.27. The number of nitrogens with one attached hydrogen (secondary N) is 2. The van der Waals surface area contributed by atoms with Crippen LogP contribution in [0.25, 0.3) is 0 Å². The molecule has 0 aliphatic rings. The summed E-state index contributed by atoms with van der Waals surface area (Å²) in [7, 11) is -3.17. The van der Waals surface area contributed by atoms with Crippen LogP contribution >= 0.6 is 0 Å². The summed E-state index contributed by atoms with van der Waals surface area (Å²) >= 11 is 0. The smallest absolute Gasteiger partial charge is 0.338 e. The van der Waals surface area contributed by atoms with Crippen LogP contribution in [0.5, 0.6) is 5.75 Å². The molecule has 2 aromatic carbocycles. The molecule has 0 aromatic heterocycles. The zero-order chi connectivity index (χ0) is 22.9. The SMILES string of the molecule is COc1cc(S(=O)(=O)Nc2cc(F)c(C(=O)O)cc2F)ccc1C(=O)NC(C)(C)C. The van der Waals surface area contributed by atoms with Gasteiger partial charge >= 0.3 is 5.97 Å². The fourth-order valence-corrected chi connectivity index (χ4v) is 3.50. The second kappa shape index (κ2) is 8.27.